The molecule has 0 atom stereocenters. The Labute approximate surface area is 159 Å². The van der Waals surface area contributed by atoms with Crippen LogP contribution < -0.4 is 11.0 Å². The highest BCUT2D eigenvalue weighted by Crippen LogP contribution is 2.23. The van der Waals surface area contributed by atoms with Crippen LogP contribution in [0.25, 0.3) is 11.3 Å². The number of aromatic nitrogens is 2. The van der Waals surface area contributed by atoms with E-state index in [2.05, 4.69) is 15.5 Å². The fraction of sp³-hybridized carbons (Fsp3) is 0.0526. The summed E-state index contributed by atoms with van der Waals surface area (Å²) >= 11 is 0. The summed E-state index contributed by atoms with van der Waals surface area (Å²) in [5.41, 5.74) is 3.27. The SMILES string of the molecule is Cn1c(N/N=C/c2ccccc2)nc(-c2ccc([N+](=O)[O-])cc2)c(C#N)c1=O. The van der Waals surface area contributed by atoms with Gasteiger partial charge in [0, 0.05) is 24.7 Å². The Bertz CT molecular complexity index is 1150. The number of nitro groups is 1. The number of rotatable bonds is 5. The van der Waals surface area contributed by atoms with Gasteiger partial charge in [-0.1, -0.05) is 30.3 Å². The van der Waals surface area contributed by atoms with E-state index in [9.17, 15) is 20.2 Å². The number of nitriles is 1. The van der Waals surface area contributed by atoms with Crippen molar-refractivity contribution in [3.05, 3.63) is 86.2 Å². The number of hydrazone groups is 1. The second-order valence-corrected chi connectivity index (χ2v) is 5.72. The van der Waals surface area contributed by atoms with Gasteiger partial charge in [0.05, 0.1) is 16.8 Å². The van der Waals surface area contributed by atoms with Gasteiger partial charge in [-0.25, -0.2) is 10.4 Å². The maximum Gasteiger partial charge on any atom is 0.273 e. The van der Waals surface area contributed by atoms with Gasteiger partial charge in [0.2, 0.25) is 5.95 Å². The second-order valence-electron chi connectivity index (χ2n) is 5.72. The number of hydrogen-bond acceptors (Lipinski definition) is 7. The highest BCUT2D eigenvalue weighted by atomic mass is 16.6. The van der Waals surface area contributed by atoms with Crippen molar-refractivity contribution in [2.24, 2.45) is 12.1 Å². The molecule has 138 valence electrons. The normalized spacial score (nSPS) is 10.6. The van der Waals surface area contributed by atoms with Crippen molar-refractivity contribution in [2.45, 2.75) is 0 Å². The number of non-ortho nitro benzene ring substituents is 1. The molecule has 0 bridgehead atoms. The molecule has 9 heteroatoms. The molecule has 2 aromatic carbocycles. The van der Waals surface area contributed by atoms with E-state index in [4.69, 9.17) is 0 Å². The van der Waals surface area contributed by atoms with Crippen molar-refractivity contribution in [2.75, 3.05) is 5.43 Å². The van der Waals surface area contributed by atoms with Crippen LogP contribution in [0.5, 0.6) is 0 Å². The van der Waals surface area contributed by atoms with E-state index in [-0.39, 0.29) is 22.9 Å². The average molecular weight is 374 g/mol. The van der Waals surface area contributed by atoms with Crippen LogP contribution in [-0.2, 0) is 7.05 Å². The summed E-state index contributed by atoms with van der Waals surface area (Å²) in [6, 6.07) is 16.6. The molecule has 0 aliphatic carbocycles. The molecule has 0 fully saturated rings. The molecule has 0 aliphatic heterocycles. The topological polar surface area (TPSA) is 126 Å². The minimum absolute atomic E-state index is 0.100. The van der Waals surface area contributed by atoms with Crippen LogP contribution in [0.1, 0.15) is 11.1 Å². The lowest BCUT2D eigenvalue weighted by Crippen LogP contribution is -2.24. The Morgan fingerprint density at radius 2 is 1.89 bits per heavy atom. The Morgan fingerprint density at radius 3 is 2.50 bits per heavy atom. The van der Waals surface area contributed by atoms with Crippen LogP contribution in [0, 0.1) is 21.4 Å². The fourth-order valence-corrected chi connectivity index (χ4v) is 2.46. The van der Waals surface area contributed by atoms with Crippen LogP contribution in [-0.4, -0.2) is 20.7 Å². The van der Waals surface area contributed by atoms with Crippen molar-refractivity contribution in [1.29, 1.82) is 5.26 Å². The maximum absolute atomic E-state index is 12.5. The van der Waals surface area contributed by atoms with E-state index in [1.165, 1.54) is 35.9 Å². The quantitative estimate of drug-likeness (QED) is 0.416. The van der Waals surface area contributed by atoms with Crippen molar-refractivity contribution >= 4 is 17.9 Å². The number of benzene rings is 2. The molecule has 3 aromatic rings. The molecule has 9 nitrogen and oxygen atoms in total. The summed E-state index contributed by atoms with van der Waals surface area (Å²) in [6.07, 6.45) is 1.57. The first-order valence-electron chi connectivity index (χ1n) is 8.11. The average Bonchev–Trinajstić information content (AvgIpc) is 2.72. The Hall–Kier alpha value is -4.32. The highest BCUT2D eigenvalue weighted by molar-refractivity contribution is 5.80. The fourth-order valence-electron chi connectivity index (χ4n) is 2.46. The van der Waals surface area contributed by atoms with Crippen molar-refractivity contribution in [1.82, 2.24) is 9.55 Å². The first-order valence-corrected chi connectivity index (χ1v) is 8.11. The summed E-state index contributed by atoms with van der Waals surface area (Å²) in [5.74, 6) is 0.129. The Balaban J connectivity index is 2.01. The number of nitro benzene ring substituents is 1. The first kappa shape index (κ1) is 18.5. The van der Waals surface area contributed by atoms with E-state index in [0.717, 1.165) is 5.56 Å². The van der Waals surface area contributed by atoms with Crippen molar-refractivity contribution < 1.29 is 4.92 Å². The predicted octanol–water partition coefficient (Wildman–Crippen LogP) is 2.67. The van der Waals surface area contributed by atoms with E-state index in [1.807, 2.05) is 36.4 Å². The molecule has 0 saturated carbocycles. The molecule has 0 saturated heterocycles. The molecule has 3 rings (SSSR count). The van der Waals surface area contributed by atoms with Gasteiger partial charge in [-0.3, -0.25) is 19.5 Å². The van der Waals surface area contributed by atoms with Crippen LogP contribution in [0.2, 0.25) is 0 Å². The second kappa shape index (κ2) is 7.92. The lowest BCUT2D eigenvalue weighted by molar-refractivity contribution is -0.384. The van der Waals surface area contributed by atoms with Crippen LogP contribution >= 0.6 is 0 Å². The van der Waals surface area contributed by atoms with Crippen LogP contribution in [0.4, 0.5) is 11.6 Å². The molecular weight excluding hydrogens is 360 g/mol. The Morgan fingerprint density at radius 1 is 1.21 bits per heavy atom. The minimum Gasteiger partial charge on any atom is -0.279 e. The van der Waals surface area contributed by atoms with Gasteiger partial charge in [0.15, 0.2) is 0 Å². The zero-order chi connectivity index (χ0) is 20.1. The molecule has 1 N–H and O–H groups in total. The molecule has 0 aliphatic rings. The molecular formula is C19H14N6O3. The highest BCUT2D eigenvalue weighted by Gasteiger charge is 2.17. The minimum atomic E-state index is -0.553. The summed E-state index contributed by atoms with van der Waals surface area (Å²) < 4.78 is 1.18. The predicted molar refractivity (Wildman–Crippen MR) is 104 cm³/mol. The van der Waals surface area contributed by atoms with Gasteiger partial charge >= 0.3 is 0 Å². The number of nitrogens with zero attached hydrogens (tertiary/aromatic N) is 5. The van der Waals surface area contributed by atoms with Crippen molar-refractivity contribution in [3.63, 3.8) is 0 Å². The third-order valence-electron chi connectivity index (χ3n) is 3.93. The zero-order valence-electron chi connectivity index (χ0n) is 14.7. The summed E-state index contributed by atoms with van der Waals surface area (Å²) in [5, 5.41) is 24.3. The molecule has 0 unspecified atom stereocenters. The summed E-state index contributed by atoms with van der Waals surface area (Å²) in [4.78, 5) is 27.1. The lowest BCUT2D eigenvalue weighted by atomic mass is 10.1. The standard InChI is InChI=1S/C19H14N6O3/c1-24-18(26)16(11-20)17(14-7-9-15(10-8-14)25(27)28)22-19(24)23-21-12-13-5-3-2-4-6-13/h2-10,12H,1H3,(H,22,23)/b21-12+. The zero-order valence-corrected chi connectivity index (χ0v) is 14.7. The smallest absolute Gasteiger partial charge is 0.273 e. The third-order valence-corrected chi connectivity index (χ3v) is 3.93. The van der Waals surface area contributed by atoms with Gasteiger partial charge in [0.1, 0.15) is 11.6 Å². The summed E-state index contributed by atoms with van der Waals surface area (Å²) in [6.45, 7) is 0. The van der Waals surface area contributed by atoms with Gasteiger partial charge in [-0.05, 0) is 17.7 Å². The van der Waals surface area contributed by atoms with Gasteiger partial charge in [-0.2, -0.15) is 10.4 Å². The van der Waals surface area contributed by atoms with Crippen LogP contribution in [0.3, 0.4) is 0 Å². The van der Waals surface area contributed by atoms with Gasteiger partial charge in [-0.15, -0.1) is 0 Å². The number of nitrogens with one attached hydrogen (secondary N) is 1. The van der Waals surface area contributed by atoms with E-state index in [1.54, 1.807) is 6.21 Å². The van der Waals surface area contributed by atoms with E-state index in [0.29, 0.717) is 5.56 Å². The summed E-state index contributed by atoms with van der Waals surface area (Å²) in [7, 11) is 1.47. The maximum atomic E-state index is 12.5. The Kier molecular flexibility index (Phi) is 5.23. The van der Waals surface area contributed by atoms with E-state index < -0.39 is 10.5 Å². The van der Waals surface area contributed by atoms with Gasteiger partial charge < -0.3 is 0 Å². The number of anilines is 1. The first-order chi connectivity index (χ1) is 13.5. The lowest BCUT2D eigenvalue weighted by Gasteiger charge is -2.10. The van der Waals surface area contributed by atoms with Gasteiger partial charge in [0.25, 0.3) is 11.2 Å². The monoisotopic (exact) mass is 374 g/mol. The molecule has 28 heavy (non-hydrogen) atoms. The molecule has 0 radical (unpaired) electrons. The molecule has 0 amide bonds. The largest absolute Gasteiger partial charge is 0.279 e. The van der Waals surface area contributed by atoms with E-state index >= 15 is 0 Å². The molecule has 1 aromatic heterocycles. The third kappa shape index (κ3) is 3.76. The van der Waals surface area contributed by atoms with Crippen molar-refractivity contribution in [3.8, 4) is 17.3 Å². The van der Waals surface area contributed by atoms with Crippen LogP contribution in [0.15, 0.2) is 64.5 Å². The number of hydrogen-bond donors (Lipinski definition) is 1. The molecule has 0 spiro atoms. The molecule has 1 heterocycles.